The van der Waals surface area contributed by atoms with E-state index in [1.165, 1.54) is 30.9 Å². The van der Waals surface area contributed by atoms with Crippen LogP contribution in [0.1, 0.15) is 46.3 Å². The van der Waals surface area contributed by atoms with Gasteiger partial charge in [-0.05, 0) is 67.4 Å². The minimum atomic E-state index is -1.03. The van der Waals surface area contributed by atoms with Gasteiger partial charge >= 0.3 is 5.97 Å². The maximum absolute atomic E-state index is 13.1. The third-order valence-electron chi connectivity index (χ3n) is 6.37. The molecule has 0 aromatic heterocycles. The predicted octanol–water partition coefficient (Wildman–Crippen LogP) is 5.30. The Morgan fingerprint density at radius 3 is 2.47 bits per heavy atom. The fourth-order valence-electron chi connectivity index (χ4n) is 4.70. The van der Waals surface area contributed by atoms with Gasteiger partial charge in [0.15, 0.2) is 0 Å². The summed E-state index contributed by atoms with van der Waals surface area (Å²) in [4.78, 5) is 27.1. The van der Waals surface area contributed by atoms with E-state index in [0.717, 1.165) is 30.9 Å². The number of fused-ring (bicyclic) bond motifs is 1. The molecule has 5 rings (SSSR count). The van der Waals surface area contributed by atoms with Crippen molar-refractivity contribution in [2.24, 2.45) is 0 Å². The first-order valence-corrected chi connectivity index (χ1v) is 11.7. The molecule has 6 heteroatoms. The number of aromatic carboxylic acids is 1. The fraction of sp³-hybridized carbons (Fsp3) is 0.214. The molecule has 2 heterocycles. The number of benzene rings is 3. The molecule has 0 aliphatic carbocycles. The lowest BCUT2D eigenvalue weighted by molar-refractivity contribution is -0.110. The zero-order chi connectivity index (χ0) is 23.5. The first kappa shape index (κ1) is 21.9. The second kappa shape index (κ2) is 9.53. The monoisotopic (exact) mass is 453 g/mol. The number of amides is 1. The molecule has 6 nitrogen and oxygen atoms in total. The standard InChI is InChI=1S/C28H27N3O3/c32-27-25(23-17-21(28(33)34)12-13-24(23)30-27)26(20-9-3-1-4-10-20)29-22-11-7-8-19(16-22)18-31-14-5-2-6-15-31/h1,3-4,7-13,16-17,29H,2,5-6,14-15,18H2,(H,30,32)(H,33,34)/b26-25-. The molecule has 2 aliphatic heterocycles. The van der Waals surface area contributed by atoms with Gasteiger partial charge in [0.25, 0.3) is 5.91 Å². The molecule has 3 aromatic rings. The number of likely N-dealkylation sites (tertiary alicyclic amines) is 1. The highest BCUT2D eigenvalue weighted by molar-refractivity contribution is 6.37. The molecular weight excluding hydrogens is 426 g/mol. The number of carboxylic acids is 1. The average Bonchev–Trinajstić information content (AvgIpc) is 3.18. The first-order valence-electron chi connectivity index (χ1n) is 11.7. The van der Waals surface area contributed by atoms with Crippen LogP contribution in [-0.4, -0.2) is 35.0 Å². The van der Waals surface area contributed by atoms with Gasteiger partial charge in [0.1, 0.15) is 0 Å². The number of nitrogens with one attached hydrogen (secondary N) is 2. The number of nitrogens with zero attached hydrogens (tertiary/aromatic N) is 1. The summed E-state index contributed by atoms with van der Waals surface area (Å²) in [6, 6.07) is 22.6. The fourth-order valence-corrected chi connectivity index (χ4v) is 4.70. The molecular formula is C28H27N3O3. The van der Waals surface area contributed by atoms with Crippen molar-refractivity contribution in [3.05, 3.63) is 95.1 Å². The minimum Gasteiger partial charge on any atom is -0.478 e. The van der Waals surface area contributed by atoms with E-state index in [1.807, 2.05) is 42.5 Å². The van der Waals surface area contributed by atoms with Crippen LogP contribution in [0.5, 0.6) is 0 Å². The maximum atomic E-state index is 13.1. The lowest BCUT2D eigenvalue weighted by Crippen LogP contribution is -2.29. The summed E-state index contributed by atoms with van der Waals surface area (Å²) in [5.74, 6) is -1.28. The highest BCUT2D eigenvalue weighted by atomic mass is 16.4. The van der Waals surface area contributed by atoms with Crippen LogP contribution < -0.4 is 10.6 Å². The van der Waals surface area contributed by atoms with Crippen molar-refractivity contribution in [1.82, 2.24) is 4.90 Å². The molecule has 3 aromatic carbocycles. The van der Waals surface area contributed by atoms with Crippen LogP contribution >= 0.6 is 0 Å². The highest BCUT2D eigenvalue weighted by Gasteiger charge is 2.29. The van der Waals surface area contributed by atoms with Crippen molar-refractivity contribution in [1.29, 1.82) is 0 Å². The van der Waals surface area contributed by atoms with Crippen molar-refractivity contribution in [2.45, 2.75) is 25.8 Å². The Kier molecular flexibility index (Phi) is 6.14. The normalized spacial score (nSPS) is 17.1. The van der Waals surface area contributed by atoms with Crippen LogP contribution in [0.4, 0.5) is 11.4 Å². The molecule has 0 spiro atoms. The van der Waals surface area contributed by atoms with Crippen LogP contribution in [-0.2, 0) is 11.3 Å². The molecule has 0 saturated carbocycles. The van der Waals surface area contributed by atoms with E-state index in [-0.39, 0.29) is 11.5 Å². The van der Waals surface area contributed by atoms with Crippen molar-refractivity contribution < 1.29 is 14.7 Å². The third-order valence-corrected chi connectivity index (χ3v) is 6.37. The smallest absolute Gasteiger partial charge is 0.335 e. The molecule has 172 valence electrons. The quantitative estimate of drug-likeness (QED) is 0.441. The third kappa shape index (κ3) is 4.58. The van der Waals surface area contributed by atoms with E-state index in [2.05, 4.69) is 27.7 Å². The zero-order valence-corrected chi connectivity index (χ0v) is 18.9. The molecule has 34 heavy (non-hydrogen) atoms. The molecule has 1 amide bonds. The number of rotatable bonds is 6. The molecule has 0 atom stereocenters. The number of piperidine rings is 1. The van der Waals surface area contributed by atoms with Crippen molar-refractivity contribution in [3.8, 4) is 0 Å². The minimum absolute atomic E-state index is 0.142. The number of carboxylic acid groups (broad SMARTS) is 1. The maximum Gasteiger partial charge on any atom is 0.335 e. The number of carbonyl (C=O) groups is 2. The Hall–Kier alpha value is -3.90. The Balaban J connectivity index is 1.55. The summed E-state index contributed by atoms with van der Waals surface area (Å²) in [6.45, 7) is 3.15. The van der Waals surface area contributed by atoms with Gasteiger partial charge in [-0.1, -0.05) is 48.9 Å². The van der Waals surface area contributed by atoms with Gasteiger partial charge in [-0.15, -0.1) is 0 Å². The number of carbonyl (C=O) groups excluding carboxylic acids is 1. The largest absolute Gasteiger partial charge is 0.478 e. The van der Waals surface area contributed by atoms with Crippen LogP contribution in [0.2, 0.25) is 0 Å². The van der Waals surface area contributed by atoms with Gasteiger partial charge in [0.2, 0.25) is 0 Å². The molecule has 0 bridgehead atoms. The van der Waals surface area contributed by atoms with Gasteiger partial charge in [-0.2, -0.15) is 0 Å². The van der Waals surface area contributed by atoms with Crippen molar-refractivity contribution in [2.75, 3.05) is 23.7 Å². The van der Waals surface area contributed by atoms with Crippen LogP contribution in [0, 0.1) is 0 Å². The van der Waals surface area contributed by atoms with E-state index in [9.17, 15) is 14.7 Å². The predicted molar refractivity (Wildman–Crippen MR) is 134 cm³/mol. The summed E-state index contributed by atoms with van der Waals surface area (Å²) < 4.78 is 0. The van der Waals surface area contributed by atoms with Gasteiger partial charge in [-0.3, -0.25) is 9.69 Å². The molecule has 0 radical (unpaired) electrons. The second-order valence-corrected chi connectivity index (χ2v) is 8.80. The lowest BCUT2D eigenvalue weighted by Gasteiger charge is -2.26. The van der Waals surface area contributed by atoms with Crippen LogP contribution in [0.25, 0.3) is 11.3 Å². The Bertz CT molecular complexity index is 1260. The summed E-state index contributed by atoms with van der Waals surface area (Å²) >= 11 is 0. The molecule has 1 fully saturated rings. The Morgan fingerprint density at radius 1 is 0.912 bits per heavy atom. The number of hydrogen-bond donors (Lipinski definition) is 3. The summed E-state index contributed by atoms with van der Waals surface area (Å²) in [5.41, 5.74) is 5.37. The van der Waals surface area contributed by atoms with Crippen molar-refractivity contribution >= 4 is 34.5 Å². The summed E-state index contributed by atoms with van der Waals surface area (Å²) in [6.07, 6.45) is 3.79. The second-order valence-electron chi connectivity index (χ2n) is 8.80. The van der Waals surface area contributed by atoms with E-state index >= 15 is 0 Å². The number of anilines is 2. The first-order chi connectivity index (χ1) is 16.6. The van der Waals surface area contributed by atoms with E-state index < -0.39 is 5.97 Å². The SMILES string of the molecule is O=C1Nc2ccc(C(=O)O)cc2/C1=C(/Nc1cccc(CN2CCCCC2)c1)c1ccccc1. The van der Waals surface area contributed by atoms with Gasteiger partial charge in [-0.25, -0.2) is 4.79 Å². The lowest BCUT2D eigenvalue weighted by atomic mass is 9.98. The summed E-state index contributed by atoms with van der Waals surface area (Å²) in [7, 11) is 0. The average molecular weight is 454 g/mol. The molecule has 3 N–H and O–H groups in total. The molecule has 1 saturated heterocycles. The van der Waals surface area contributed by atoms with Gasteiger partial charge in [0, 0.05) is 23.5 Å². The highest BCUT2D eigenvalue weighted by Crippen LogP contribution is 2.38. The van der Waals surface area contributed by atoms with Gasteiger partial charge in [0.05, 0.1) is 16.8 Å². The van der Waals surface area contributed by atoms with Crippen LogP contribution in [0.3, 0.4) is 0 Å². The molecule has 0 unspecified atom stereocenters. The number of hydrogen-bond acceptors (Lipinski definition) is 4. The van der Waals surface area contributed by atoms with Crippen molar-refractivity contribution in [3.63, 3.8) is 0 Å². The topological polar surface area (TPSA) is 81.7 Å². The van der Waals surface area contributed by atoms with E-state index in [0.29, 0.717) is 22.5 Å². The van der Waals surface area contributed by atoms with E-state index in [1.54, 1.807) is 12.1 Å². The molecule has 2 aliphatic rings. The van der Waals surface area contributed by atoms with Crippen LogP contribution in [0.15, 0.2) is 72.8 Å². The van der Waals surface area contributed by atoms with E-state index in [4.69, 9.17) is 0 Å². The Morgan fingerprint density at radius 2 is 1.71 bits per heavy atom. The van der Waals surface area contributed by atoms with Gasteiger partial charge < -0.3 is 15.7 Å². The summed E-state index contributed by atoms with van der Waals surface area (Å²) in [5, 5.41) is 15.8. The Labute approximate surface area is 198 Å². The zero-order valence-electron chi connectivity index (χ0n) is 18.9.